The quantitative estimate of drug-likeness (QED) is 0.572. The number of nitrogens with one attached hydrogen (secondary N) is 1. The molecular formula is C24H22ClFN4OS. The summed E-state index contributed by atoms with van der Waals surface area (Å²) in [5, 5.41) is 7.36. The van der Waals surface area contributed by atoms with Crippen LogP contribution in [0.1, 0.15) is 40.2 Å². The van der Waals surface area contributed by atoms with Gasteiger partial charge in [0.05, 0.1) is 11.4 Å². The van der Waals surface area contributed by atoms with E-state index in [4.69, 9.17) is 16.7 Å². The van der Waals surface area contributed by atoms with Crippen LogP contribution in [0.2, 0.25) is 5.02 Å². The summed E-state index contributed by atoms with van der Waals surface area (Å²) < 4.78 is 15.2. The lowest BCUT2D eigenvalue weighted by Crippen LogP contribution is -2.40. The van der Waals surface area contributed by atoms with Gasteiger partial charge in [-0.05, 0) is 66.5 Å². The fourth-order valence-electron chi connectivity index (χ4n) is 4.10. The molecule has 3 aromatic rings. The third-order valence-electron chi connectivity index (χ3n) is 5.65. The zero-order valence-corrected chi connectivity index (χ0v) is 18.9. The lowest BCUT2D eigenvalue weighted by atomic mass is 10.0. The second kappa shape index (κ2) is 9.10. The Morgan fingerprint density at radius 2 is 1.78 bits per heavy atom. The van der Waals surface area contributed by atoms with Crippen molar-refractivity contribution in [2.24, 2.45) is 0 Å². The Morgan fingerprint density at radius 1 is 1.06 bits per heavy atom. The standard InChI is InChI=1S/C24H22ClFN4OS/c25-18-5-9-20(10-6-18)30-23-17(13-16-3-7-19(26)8-4-16)14-32-15-21(23)22(27-30)24(31)28-29-11-1-2-12-29/h3-10,13H,1-2,11-12,14-15H2,(H,28,31)/b17-13+. The zero-order valence-electron chi connectivity index (χ0n) is 17.4. The number of hydrazine groups is 1. The number of nitrogens with zero attached hydrogens (tertiary/aromatic N) is 3. The highest BCUT2D eigenvalue weighted by Crippen LogP contribution is 2.37. The van der Waals surface area contributed by atoms with E-state index in [1.807, 2.05) is 40.0 Å². The Hall–Kier alpha value is -2.61. The maximum atomic E-state index is 13.4. The maximum absolute atomic E-state index is 13.4. The first-order chi connectivity index (χ1) is 15.6. The van der Waals surface area contributed by atoms with Crippen LogP contribution in [0.15, 0.2) is 48.5 Å². The van der Waals surface area contributed by atoms with Gasteiger partial charge in [-0.3, -0.25) is 10.2 Å². The Kier molecular flexibility index (Phi) is 6.04. The number of fused-ring (bicyclic) bond motifs is 1. The van der Waals surface area contributed by atoms with Gasteiger partial charge >= 0.3 is 0 Å². The molecule has 0 radical (unpaired) electrons. The fraction of sp³-hybridized carbons (Fsp3) is 0.250. The first kappa shape index (κ1) is 21.2. The average Bonchev–Trinajstić information content (AvgIpc) is 3.44. The second-order valence-corrected chi connectivity index (χ2v) is 9.34. The van der Waals surface area contributed by atoms with Gasteiger partial charge in [-0.1, -0.05) is 23.7 Å². The summed E-state index contributed by atoms with van der Waals surface area (Å²) in [7, 11) is 0. The highest BCUT2D eigenvalue weighted by molar-refractivity contribution is 7.99. The van der Waals surface area contributed by atoms with Gasteiger partial charge in [0.2, 0.25) is 0 Å². The first-order valence-corrected chi connectivity index (χ1v) is 12.1. The van der Waals surface area contributed by atoms with E-state index in [2.05, 4.69) is 5.43 Å². The summed E-state index contributed by atoms with van der Waals surface area (Å²) in [6.45, 7) is 1.71. The number of aromatic nitrogens is 2. The van der Waals surface area contributed by atoms with Gasteiger partial charge in [-0.15, -0.1) is 0 Å². The Balaban J connectivity index is 1.60. The molecule has 0 unspecified atom stereocenters. The Labute approximate surface area is 195 Å². The molecule has 164 valence electrons. The molecule has 0 aliphatic carbocycles. The number of hydrogen-bond acceptors (Lipinski definition) is 4. The number of thioether (sulfide) groups is 1. The summed E-state index contributed by atoms with van der Waals surface area (Å²) in [4.78, 5) is 13.2. The van der Waals surface area contributed by atoms with E-state index in [9.17, 15) is 9.18 Å². The zero-order chi connectivity index (χ0) is 22.1. The molecule has 8 heteroatoms. The molecule has 0 spiro atoms. The van der Waals surface area contributed by atoms with Gasteiger partial charge in [0.1, 0.15) is 5.82 Å². The molecule has 2 aromatic carbocycles. The van der Waals surface area contributed by atoms with Crippen LogP contribution in [0.25, 0.3) is 17.3 Å². The summed E-state index contributed by atoms with van der Waals surface area (Å²) in [6.07, 6.45) is 4.21. The van der Waals surface area contributed by atoms with Gasteiger partial charge in [0.25, 0.3) is 5.91 Å². The lowest BCUT2D eigenvalue weighted by Gasteiger charge is -2.19. The monoisotopic (exact) mass is 468 g/mol. The van der Waals surface area contributed by atoms with Crippen molar-refractivity contribution < 1.29 is 9.18 Å². The van der Waals surface area contributed by atoms with Crippen LogP contribution >= 0.6 is 23.4 Å². The maximum Gasteiger partial charge on any atom is 0.286 e. The molecule has 5 nitrogen and oxygen atoms in total. The third kappa shape index (κ3) is 4.33. The van der Waals surface area contributed by atoms with Gasteiger partial charge in [0, 0.05) is 35.2 Å². The van der Waals surface area contributed by atoms with Crippen molar-refractivity contribution >= 4 is 40.9 Å². The Bertz CT molecular complexity index is 1170. The van der Waals surface area contributed by atoms with E-state index in [0.717, 1.165) is 59.8 Å². The molecule has 32 heavy (non-hydrogen) atoms. The summed E-state index contributed by atoms with van der Waals surface area (Å²) in [5.41, 5.74) is 8.08. The van der Waals surface area contributed by atoms with Crippen molar-refractivity contribution in [3.05, 3.63) is 81.9 Å². The van der Waals surface area contributed by atoms with Gasteiger partial charge in [0.15, 0.2) is 5.69 Å². The summed E-state index contributed by atoms with van der Waals surface area (Å²) >= 11 is 7.84. The molecular weight excluding hydrogens is 447 g/mol. The molecule has 1 N–H and O–H groups in total. The number of rotatable bonds is 4. The van der Waals surface area contributed by atoms with Gasteiger partial charge in [-0.2, -0.15) is 16.9 Å². The summed E-state index contributed by atoms with van der Waals surface area (Å²) in [5.74, 6) is 1.03. The molecule has 1 saturated heterocycles. The highest BCUT2D eigenvalue weighted by Gasteiger charge is 2.29. The van der Waals surface area contributed by atoms with E-state index in [1.165, 1.54) is 12.1 Å². The van der Waals surface area contributed by atoms with Gasteiger partial charge < -0.3 is 0 Å². The van der Waals surface area contributed by atoms with Crippen LogP contribution in [0.3, 0.4) is 0 Å². The van der Waals surface area contributed by atoms with Crippen molar-refractivity contribution in [1.29, 1.82) is 0 Å². The molecule has 1 amide bonds. The van der Waals surface area contributed by atoms with Crippen molar-refractivity contribution in [2.75, 3.05) is 18.8 Å². The van der Waals surface area contributed by atoms with E-state index in [1.54, 1.807) is 23.9 Å². The molecule has 1 aromatic heterocycles. The van der Waals surface area contributed by atoms with Crippen LogP contribution in [0.4, 0.5) is 4.39 Å². The lowest BCUT2D eigenvalue weighted by molar-refractivity contribution is 0.0819. The number of halogens is 2. The first-order valence-electron chi connectivity index (χ1n) is 10.6. The predicted octanol–water partition coefficient (Wildman–Crippen LogP) is 5.19. The molecule has 2 aliphatic rings. The van der Waals surface area contributed by atoms with Crippen LogP contribution in [0.5, 0.6) is 0 Å². The van der Waals surface area contributed by atoms with Crippen LogP contribution < -0.4 is 5.43 Å². The minimum absolute atomic E-state index is 0.181. The molecule has 1 fully saturated rings. The van der Waals surface area contributed by atoms with Crippen LogP contribution in [0, 0.1) is 5.82 Å². The molecule has 3 heterocycles. The average molecular weight is 469 g/mol. The van der Waals surface area contributed by atoms with E-state index in [-0.39, 0.29) is 11.7 Å². The SMILES string of the molecule is O=C(NN1CCCC1)c1nn(-c2ccc(Cl)cc2)c2c1CSC/C2=C\c1ccc(F)cc1. The van der Waals surface area contributed by atoms with E-state index in [0.29, 0.717) is 16.5 Å². The molecule has 0 atom stereocenters. The minimum Gasteiger partial charge on any atom is -0.283 e. The second-order valence-electron chi connectivity index (χ2n) is 7.91. The normalized spacial score (nSPS) is 17.5. The third-order valence-corrected chi connectivity index (χ3v) is 6.91. The topological polar surface area (TPSA) is 50.2 Å². The van der Waals surface area contributed by atoms with Crippen LogP contribution in [-0.4, -0.2) is 39.5 Å². The molecule has 0 bridgehead atoms. The fourth-order valence-corrected chi connectivity index (χ4v) is 5.24. The Morgan fingerprint density at radius 3 is 2.50 bits per heavy atom. The van der Waals surface area contributed by atoms with E-state index >= 15 is 0 Å². The number of carbonyl (C=O) groups is 1. The molecule has 2 aliphatic heterocycles. The highest BCUT2D eigenvalue weighted by atomic mass is 35.5. The summed E-state index contributed by atoms with van der Waals surface area (Å²) in [6, 6.07) is 13.8. The van der Waals surface area contributed by atoms with Crippen LogP contribution in [-0.2, 0) is 5.75 Å². The van der Waals surface area contributed by atoms with Crippen molar-refractivity contribution in [3.8, 4) is 5.69 Å². The minimum atomic E-state index is -0.266. The number of benzene rings is 2. The predicted molar refractivity (Wildman–Crippen MR) is 127 cm³/mol. The number of amides is 1. The molecule has 5 rings (SSSR count). The largest absolute Gasteiger partial charge is 0.286 e. The molecule has 0 saturated carbocycles. The van der Waals surface area contributed by atoms with Gasteiger partial charge in [-0.25, -0.2) is 14.1 Å². The number of carbonyl (C=O) groups excluding carboxylic acids is 1. The van der Waals surface area contributed by atoms with Crippen molar-refractivity contribution in [2.45, 2.75) is 18.6 Å². The van der Waals surface area contributed by atoms with E-state index < -0.39 is 0 Å². The number of hydrogen-bond donors (Lipinski definition) is 1. The van der Waals surface area contributed by atoms with Crippen molar-refractivity contribution in [3.63, 3.8) is 0 Å². The van der Waals surface area contributed by atoms with Crippen molar-refractivity contribution in [1.82, 2.24) is 20.2 Å². The smallest absolute Gasteiger partial charge is 0.283 e.